The summed E-state index contributed by atoms with van der Waals surface area (Å²) in [7, 11) is 0. The Bertz CT molecular complexity index is 910. The Hall–Kier alpha value is -2.66. The van der Waals surface area contributed by atoms with Crippen molar-refractivity contribution in [3.05, 3.63) is 65.6 Å². The molecule has 0 saturated carbocycles. The van der Waals surface area contributed by atoms with Gasteiger partial charge in [0.25, 0.3) is 0 Å². The van der Waals surface area contributed by atoms with Gasteiger partial charge in [-0.3, -0.25) is 14.7 Å². The SMILES string of the molecule is CC(=O)N1CCN(C(c2ccccn2)c2c[nH]c3c(C)cccc23)CC1. The van der Waals surface area contributed by atoms with E-state index in [1.807, 2.05) is 23.2 Å². The molecule has 1 aliphatic heterocycles. The van der Waals surface area contributed by atoms with Crippen LogP contribution in [0.2, 0.25) is 0 Å². The van der Waals surface area contributed by atoms with E-state index in [9.17, 15) is 4.79 Å². The van der Waals surface area contributed by atoms with Crippen LogP contribution in [0.1, 0.15) is 29.8 Å². The van der Waals surface area contributed by atoms with Crippen molar-refractivity contribution in [1.82, 2.24) is 19.8 Å². The van der Waals surface area contributed by atoms with E-state index in [1.54, 1.807) is 6.92 Å². The summed E-state index contributed by atoms with van der Waals surface area (Å²) in [6, 6.07) is 12.6. The van der Waals surface area contributed by atoms with Gasteiger partial charge in [0, 0.05) is 62.0 Å². The van der Waals surface area contributed by atoms with Crippen LogP contribution >= 0.6 is 0 Å². The number of amides is 1. The molecule has 3 aromatic rings. The number of aromatic nitrogens is 2. The number of piperazine rings is 1. The third-order valence-corrected chi connectivity index (χ3v) is 5.34. The molecule has 1 N–H and O–H groups in total. The van der Waals surface area contributed by atoms with Gasteiger partial charge in [-0.1, -0.05) is 24.3 Å². The number of carbonyl (C=O) groups excluding carboxylic acids is 1. The molecule has 1 aromatic carbocycles. The van der Waals surface area contributed by atoms with Crippen molar-refractivity contribution in [2.75, 3.05) is 26.2 Å². The molecule has 1 amide bonds. The van der Waals surface area contributed by atoms with Gasteiger partial charge in [-0.2, -0.15) is 0 Å². The third kappa shape index (κ3) is 2.99. The van der Waals surface area contributed by atoms with Gasteiger partial charge in [-0.25, -0.2) is 0 Å². The average molecular weight is 348 g/mol. The van der Waals surface area contributed by atoms with Gasteiger partial charge in [0.2, 0.25) is 5.91 Å². The summed E-state index contributed by atoms with van der Waals surface area (Å²) in [5, 5.41) is 1.25. The number of carbonyl (C=O) groups is 1. The molecule has 4 rings (SSSR count). The van der Waals surface area contributed by atoms with Crippen LogP contribution in [-0.4, -0.2) is 51.9 Å². The second-order valence-electron chi connectivity index (χ2n) is 6.94. The molecule has 0 bridgehead atoms. The summed E-state index contributed by atoms with van der Waals surface area (Å²) in [5.41, 5.74) is 4.73. The van der Waals surface area contributed by atoms with Crippen LogP contribution in [0.4, 0.5) is 0 Å². The number of aryl methyl sites for hydroxylation is 1. The van der Waals surface area contributed by atoms with Crippen LogP contribution in [0.5, 0.6) is 0 Å². The number of nitrogens with one attached hydrogen (secondary N) is 1. The summed E-state index contributed by atoms with van der Waals surface area (Å²) < 4.78 is 0. The Morgan fingerprint density at radius 2 is 1.92 bits per heavy atom. The highest BCUT2D eigenvalue weighted by atomic mass is 16.2. The van der Waals surface area contributed by atoms with Crippen molar-refractivity contribution in [3.8, 4) is 0 Å². The van der Waals surface area contributed by atoms with Crippen molar-refractivity contribution in [3.63, 3.8) is 0 Å². The molecule has 3 heterocycles. The zero-order valence-electron chi connectivity index (χ0n) is 15.3. The monoisotopic (exact) mass is 348 g/mol. The van der Waals surface area contributed by atoms with Gasteiger partial charge in [0.15, 0.2) is 0 Å². The predicted octanol–water partition coefficient (Wildman–Crippen LogP) is 3.12. The van der Waals surface area contributed by atoms with E-state index in [1.165, 1.54) is 22.0 Å². The quantitative estimate of drug-likeness (QED) is 0.791. The largest absolute Gasteiger partial charge is 0.361 e. The number of nitrogens with zero attached hydrogens (tertiary/aromatic N) is 3. The summed E-state index contributed by atoms with van der Waals surface area (Å²) >= 11 is 0. The molecule has 5 nitrogen and oxygen atoms in total. The minimum Gasteiger partial charge on any atom is -0.361 e. The van der Waals surface area contributed by atoms with Gasteiger partial charge in [0.05, 0.1) is 11.7 Å². The molecule has 1 fully saturated rings. The Morgan fingerprint density at radius 1 is 1.12 bits per heavy atom. The number of aromatic amines is 1. The van der Waals surface area contributed by atoms with Crippen molar-refractivity contribution in [2.24, 2.45) is 0 Å². The maximum atomic E-state index is 11.7. The fourth-order valence-corrected chi connectivity index (χ4v) is 3.93. The predicted molar refractivity (Wildman–Crippen MR) is 103 cm³/mol. The number of hydrogen-bond donors (Lipinski definition) is 1. The lowest BCUT2D eigenvalue weighted by Gasteiger charge is -2.38. The second-order valence-corrected chi connectivity index (χ2v) is 6.94. The number of rotatable bonds is 3. The molecule has 1 unspecified atom stereocenters. The van der Waals surface area contributed by atoms with Gasteiger partial charge in [-0.05, 0) is 24.6 Å². The van der Waals surface area contributed by atoms with Crippen LogP contribution in [0.15, 0.2) is 48.8 Å². The first kappa shape index (κ1) is 16.8. The number of fused-ring (bicyclic) bond motifs is 1. The van der Waals surface area contributed by atoms with E-state index < -0.39 is 0 Å². The zero-order chi connectivity index (χ0) is 18.1. The highest BCUT2D eigenvalue weighted by Crippen LogP contribution is 2.34. The number of hydrogen-bond acceptors (Lipinski definition) is 3. The van der Waals surface area contributed by atoms with E-state index in [0.29, 0.717) is 0 Å². The van der Waals surface area contributed by atoms with E-state index in [-0.39, 0.29) is 11.9 Å². The third-order valence-electron chi connectivity index (χ3n) is 5.34. The van der Waals surface area contributed by atoms with E-state index >= 15 is 0 Å². The van der Waals surface area contributed by atoms with Crippen LogP contribution in [0.3, 0.4) is 0 Å². The molecular weight excluding hydrogens is 324 g/mol. The fourth-order valence-electron chi connectivity index (χ4n) is 3.93. The highest BCUT2D eigenvalue weighted by molar-refractivity contribution is 5.86. The van der Waals surface area contributed by atoms with E-state index in [0.717, 1.165) is 31.9 Å². The Kier molecular flexibility index (Phi) is 4.47. The summed E-state index contributed by atoms with van der Waals surface area (Å²) in [6.45, 7) is 7.00. The van der Waals surface area contributed by atoms with Gasteiger partial charge >= 0.3 is 0 Å². The van der Waals surface area contributed by atoms with Gasteiger partial charge in [-0.15, -0.1) is 0 Å². The maximum absolute atomic E-state index is 11.7. The molecular formula is C21H24N4O. The number of pyridine rings is 1. The molecule has 26 heavy (non-hydrogen) atoms. The Labute approximate surface area is 153 Å². The van der Waals surface area contributed by atoms with Crippen LogP contribution in [0.25, 0.3) is 10.9 Å². The number of para-hydroxylation sites is 1. The lowest BCUT2D eigenvalue weighted by atomic mass is 9.98. The van der Waals surface area contributed by atoms with E-state index in [2.05, 4.69) is 52.3 Å². The Balaban J connectivity index is 1.75. The van der Waals surface area contributed by atoms with Gasteiger partial charge < -0.3 is 9.88 Å². The number of benzene rings is 1. The molecule has 1 aliphatic rings. The molecule has 0 radical (unpaired) electrons. The topological polar surface area (TPSA) is 52.2 Å². The van der Waals surface area contributed by atoms with Crippen molar-refractivity contribution < 1.29 is 4.79 Å². The normalized spacial score (nSPS) is 16.8. The van der Waals surface area contributed by atoms with Gasteiger partial charge in [0.1, 0.15) is 0 Å². The minimum absolute atomic E-state index is 0.0841. The van der Waals surface area contributed by atoms with Crippen molar-refractivity contribution in [1.29, 1.82) is 0 Å². The summed E-state index contributed by atoms with van der Waals surface area (Å²) in [4.78, 5) is 24.1. The zero-order valence-corrected chi connectivity index (χ0v) is 15.3. The summed E-state index contributed by atoms with van der Waals surface area (Å²) in [6.07, 6.45) is 3.97. The minimum atomic E-state index is 0.0841. The van der Waals surface area contributed by atoms with Crippen LogP contribution < -0.4 is 0 Å². The van der Waals surface area contributed by atoms with Crippen molar-refractivity contribution >= 4 is 16.8 Å². The summed E-state index contributed by atoms with van der Waals surface area (Å²) in [5.74, 6) is 0.154. The molecule has 1 atom stereocenters. The average Bonchev–Trinajstić information content (AvgIpc) is 3.09. The standard InChI is InChI=1S/C21H24N4O/c1-15-6-5-7-17-18(14-23-20(15)17)21(19-8-3-4-9-22-19)25-12-10-24(11-13-25)16(2)26/h3-9,14,21,23H,10-13H2,1-2H3. The van der Waals surface area contributed by atoms with Crippen LogP contribution in [-0.2, 0) is 4.79 Å². The molecule has 134 valence electrons. The molecule has 0 spiro atoms. The number of H-pyrrole nitrogens is 1. The van der Waals surface area contributed by atoms with Crippen molar-refractivity contribution in [2.45, 2.75) is 19.9 Å². The second kappa shape index (κ2) is 6.92. The lowest BCUT2D eigenvalue weighted by molar-refractivity contribution is -0.130. The molecule has 0 aliphatic carbocycles. The van der Waals surface area contributed by atoms with E-state index in [4.69, 9.17) is 0 Å². The first-order valence-electron chi connectivity index (χ1n) is 9.12. The molecule has 5 heteroatoms. The lowest BCUT2D eigenvalue weighted by Crippen LogP contribution is -2.49. The first-order valence-corrected chi connectivity index (χ1v) is 9.12. The highest BCUT2D eigenvalue weighted by Gasteiger charge is 2.29. The smallest absolute Gasteiger partial charge is 0.219 e. The Morgan fingerprint density at radius 3 is 2.62 bits per heavy atom. The molecule has 1 saturated heterocycles. The maximum Gasteiger partial charge on any atom is 0.219 e. The molecule has 2 aromatic heterocycles. The fraction of sp³-hybridized carbons (Fsp3) is 0.333. The first-order chi connectivity index (χ1) is 12.6. The van der Waals surface area contributed by atoms with Crippen LogP contribution in [0, 0.1) is 6.92 Å².